The normalized spacial score (nSPS) is 15.5. The molecule has 0 atom stereocenters. The summed E-state index contributed by atoms with van der Waals surface area (Å²) in [6, 6.07) is 0. The van der Waals surface area contributed by atoms with Gasteiger partial charge in [-0.25, -0.2) is 0 Å². The first kappa shape index (κ1) is 15.3. The van der Waals surface area contributed by atoms with Gasteiger partial charge in [-0.05, 0) is 6.42 Å². The number of unbranched alkanes of at least 4 members (excludes halogenated alkanes) is 1. The fourth-order valence-corrected chi connectivity index (χ4v) is 2.21. The van der Waals surface area contributed by atoms with Crippen LogP contribution in [0.2, 0.25) is 0 Å². The van der Waals surface area contributed by atoms with Crippen LogP contribution in [-0.2, 0) is 19.1 Å². The van der Waals surface area contributed by atoms with E-state index in [4.69, 9.17) is 9.47 Å². The van der Waals surface area contributed by atoms with E-state index in [-0.39, 0.29) is 17.6 Å². The smallest absolute Gasteiger partial charge is 0.315 e. The lowest BCUT2D eigenvalue weighted by Crippen LogP contribution is -2.41. The highest BCUT2D eigenvalue weighted by Crippen LogP contribution is 2.06. The van der Waals surface area contributed by atoms with Crippen LogP contribution in [0.5, 0.6) is 0 Å². The van der Waals surface area contributed by atoms with Crippen LogP contribution < -0.4 is 0 Å². The van der Waals surface area contributed by atoms with Gasteiger partial charge < -0.3 is 14.4 Å². The molecular weight excluding hydrogens is 254 g/mol. The SMILES string of the molecule is CCCCOC(=O)CSCC(=O)N1CCOCC1. The minimum absolute atomic E-state index is 0.0738. The number of hydrogen-bond acceptors (Lipinski definition) is 5. The van der Waals surface area contributed by atoms with Gasteiger partial charge in [0.15, 0.2) is 0 Å². The number of carbonyl (C=O) groups is 2. The van der Waals surface area contributed by atoms with Gasteiger partial charge in [-0.2, -0.15) is 0 Å². The highest BCUT2D eigenvalue weighted by Gasteiger charge is 2.16. The highest BCUT2D eigenvalue weighted by molar-refractivity contribution is 8.00. The van der Waals surface area contributed by atoms with Crippen molar-refractivity contribution in [3.8, 4) is 0 Å². The quantitative estimate of drug-likeness (QED) is 0.511. The van der Waals surface area contributed by atoms with Gasteiger partial charge in [-0.1, -0.05) is 13.3 Å². The summed E-state index contributed by atoms with van der Waals surface area (Å²) in [5, 5.41) is 0. The zero-order chi connectivity index (χ0) is 13.2. The minimum Gasteiger partial charge on any atom is -0.465 e. The molecule has 6 heteroatoms. The fourth-order valence-electron chi connectivity index (χ4n) is 1.50. The number of nitrogens with zero attached hydrogens (tertiary/aromatic N) is 1. The summed E-state index contributed by atoms with van der Waals surface area (Å²) in [6.07, 6.45) is 1.90. The van der Waals surface area contributed by atoms with E-state index >= 15 is 0 Å². The Balaban J connectivity index is 2.05. The molecule has 0 radical (unpaired) electrons. The number of hydrogen-bond donors (Lipinski definition) is 0. The molecule has 1 amide bonds. The Kier molecular flexibility index (Phi) is 7.84. The van der Waals surface area contributed by atoms with E-state index in [0.717, 1.165) is 12.8 Å². The van der Waals surface area contributed by atoms with Crippen LogP contribution in [0.4, 0.5) is 0 Å². The van der Waals surface area contributed by atoms with Crippen LogP contribution in [0.1, 0.15) is 19.8 Å². The van der Waals surface area contributed by atoms with Crippen LogP contribution >= 0.6 is 11.8 Å². The molecule has 0 spiro atoms. The molecule has 0 aromatic carbocycles. The van der Waals surface area contributed by atoms with Crippen LogP contribution in [0.3, 0.4) is 0 Å². The Morgan fingerprint density at radius 1 is 1.28 bits per heavy atom. The molecule has 104 valence electrons. The first-order valence-corrected chi connectivity index (χ1v) is 7.48. The molecule has 0 bridgehead atoms. The van der Waals surface area contributed by atoms with Crippen LogP contribution in [0.15, 0.2) is 0 Å². The molecule has 1 aliphatic rings. The highest BCUT2D eigenvalue weighted by atomic mass is 32.2. The Labute approximate surface area is 112 Å². The predicted octanol–water partition coefficient (Wildman–Crippen LogP) is 0.922. The summed E-state index contributed by atoms with van der Waals surface area (Å²) in [5.74, 6) is 0.427. The maximum atomic E-state index is 11.7. The summed E-state index contributed by atoms with van der Waals surface area (Å²) in [5.41, 5.74) is 0. The maximum absolute atomic E-state index is 11.7. The molecule has 1 heterocycles. The van der Waals surface area contributed by atoms with Gasteiger partial charge in [0.1, 0.15) is 0 Å². The van der Waals surface area contributed by atoms with E-state index in [2.05, 4.69) is 0 Å². The van der Waals surface area contributed by atoms with Gasteiger partial charge in [0.25, 0.3) is 0 Å². The Morgan fingerprint density at radius 3 is 2.67 bits per heavy atom. The zero-order valence-electron chi connectivity index (χ0n) is 10.9. The van der Waals surface area contributed by atoms with Crippen molar-refractivity contribution in [3.63, 3.8) is 0 Å². The van der Waals surface area contributed by atoms with Crippen molar-refractivity contribution in [1.29, 1.82) is 0 Å². The van der Waals surface area contributed by atoms with Crippen LogP contribution in [0.25, 0.3) is 0 Å². The van der Waals surface area contributed by atoms with E-state index in [1.165, 1.54) is 11.8 Å². The molecule has 0 aromatic heterocycles. The van der Waals surface area contributed by atoms with Crippen molar-refractivity contribution in [2.45, 2.75) is 19.8 Å². The summed E-state index contributed by atoms with van der Waals surface area (Å²) in [7, 11) is 0. The van der Waals surface area contributed by atoms with E-state index in [9.17, 15) is 9.59 Å². The molecule has 0 unspecified atom stereocenters. The molecule has 0 saturated carbocycles. The number of amides is 1. The number of ether oxygens (including phenoxy) is 2. The number of thioether (sulfide) groups is 1. The van der Waals surface area contributed by atoms with E-state index in [1.807, 2.05) is 6.92 Å². The molecular formula is C12H21NO4S. The topological polar surface area (TPSA) is 55.8 Å². The largest absolute Gasteiger partial charge is 0.465 e. The summed E-state index contributed by atoms with van der Waals surface area (Å²) in [6.45, 7) is 5.04. The lowest BCUT2D eigenvalue weighted by molar-refractivity contribution is -0.140. The average molecular weight is 275 g/mol. The third kappa shape index (κ3) is 6.26. The van der Waals surface area contributed by atoms with Gasteiger partial charge in [0, 0.05) is 13.1 Å². The molecule has 0 aromatic rings. The first-order valence-electron chi connectivity index (χ1n) is 6.33. The minimum atomic E-state index is -0.233. The van der Waals surface area contributed by atoms with Gasteiger partial charge >= 0.3 is 5.97 Å². The number of rotatable bonds is 7. The van der Waals surface area contributed by atoms with Crippen LogP contribution in [-0.4, -0.2) is 61.2 Å². The standard InChI is InChI=1S/C12H21NO4S/c1-2-3-6-17-12(15)10-18-9-11(14)13-4-7-16-8-5-13/h2-10H2,1H3. The third-order valence-corrected chi connectivity index (χ3v) is 3.46. The van der Waals surface area contributed by atoms with Crippen molar-refractivity contribution in [3.05, 3.63) is 0 Å². The summed E-state index contributed by atoms with van der Waals surface area (Å²) >= 11 is 1.31. The van der Waals surface area contributed by atoms with Crippen molar-refractivity contribution in [2.75, 3.05) is 44.4 Å². The maximum Gasteiger partial charge on any atom is 0.315 e. The Bertz CT molecular complexity index is 267. The molecule has 1 aliphatic heterocycles. The molecule has 0 aliphatic carbocycles. The van der Waals surface area contributed by atoms with Crippen molar-refractivity contribution in [2.24, 2.45) is 0 Å². The monoisotopic (exact) mass is 275 g/mol. The zero-order valence-corrected chi connectivity index (χ0v) is 11.7. The van der Waals surface area contributed by atoms with Crippen molar-refractivity contribution < 1.29 is 19.1 Å². The molecule has 1 saturated heterocycles. The first-order chi connectivity index (χ1) is 8.74. The van der Waals surface area contributed by atoms with E-state index in [0.29, 0.717) is 38.7 Å². The summed E-state index contributed by atoms with van der Waals surface area (Å²) < 4.78 is 10.2. The molecule has 0 N–H and O–H groups in total. The molecule has 5 nitrogen and oxygen atoms in total. The summed E-state index contributed by atoms with van der Waals surface area (Å²) in [4.78, 5) is 24.8. The van der Waals surface area contributed by atoms with Gasteiger partial charge in [0.05, 0.1) is 31.3 Å². The third-order valence-electron chi connectivity index (χ3n) is 2.57. The Hall–Kier alpha value is -0.750. The fraction of sp³-hybridized carbons (Fsp3) is 0.833. The van der Waals surface area contributed by atoms with E-state index in [1.54, 1.807) is 4.90 Å². The molecule has 18 heavy (non-hydrogen) atoms. The average Bonchev–Trinajstić information content (AvgIpc) is 2.40. The number of esters is 1. The van der Waals surface area contributed by atoms with Gasteiger partial charge in [-0.3, -0.25) is 9.59 Å². The number of morpholine rings is 1. The molecule has 1 fully saturated rings. The van der Waals surface area contributed by atoms with Crippen LogP contribution in [0, 0.1) is 0 Å². The molecule has 1 rings (SSSR count). The second-order valence-corrected chi connectivity index (χ2v) is 5.05. The Morgan fingerprint density at radius 2 is 2.00 bits per heavy atom. The predicted molar refractivity (Wildman–Crippen MR) is 70.6 cm³/mol. The van der Waals surface area contributed by atoms with Gasteiger partial charge in [0.2, 0.25) is 5.91 Å². The second kappa shape index (κ2) is 9.22. The second-order valence-electron chi connectivity index (χ2n) is 4.06. The number of carbonyl (C=O) groups excluding carboxylic acids is 2. The van der Waals surface area contributed by atoms with E-state index < -0.39 is 0 Å². The van der Waals surface area contributed by atoms with Gasteiger partial charge in [-0.15, -0.1) is 11.8 Å². The lowest BCUT2D eigenvalue weighted by atomic mass is 10.4. The van der Waals surface area contributed by atoms with Crippen molar-refractivity contribution in [1.82, 2.24) is 4.90 Å². The lowest BCUT2D eigenvalue weighted by Gasteiger charge is -2.26. The van der Waals surface area contributed by atoms with Crippen molar-refractivity contribution >= 4 is 23.6 Å².